The third-order valence-corrected chi connectivity index (χ3v) is 4.45. The lowest BCUT2D eigenvalue weighted by Crippen LogP contribution is -2.34. The molecule has 0 saturated heterocycles. The van der Waals surface area contributed by atoms with Gasteiger partial charge in [-0.3, -0.25) is 16.3 Å². The van der Waals surface area contributed by atoms with Gasteiger partial charge in [0.1, 0.15) is 5.82 Å². The molecule has 1 aliphatic rings. The average molecular weight is 306 g/mol. The highest BCUT2D eigenvalue weighted by molar-refractivity contribution is 6.31. The van der Waals surface area contributed by atoms with Crippen LogP contribution >= 0.6 is 11.6 Å². The summed E-state index contributed by atoms with van der Waals surface area (Å²) in [6.45, 7) is 0. The molecule has 1 aromatic heterocycles. The molecule has 21 heavy (non-hydrogen) atoms. The van der Waals surface area contributed by atoms with E-state index in [-0.39, 0.29) is 17.8 Å². The zero-order chi connectivity index (χ0) is 14.8. The van der Waals surface area contributed by atoms with Crippen molar-refractivity contribution in [2.24, 2.45) is 5.84 Å². The number of aromatic nitrogens is 1. The molecule has 0 fully saturated rings. The molecule has 0 bridgehead atoms. The predicted octanol–water partition coefficient (Wildman–Crippen LogP) is 3.50. The van der Waals surface area contributed by atoms with E-state index < -0.39 is 0 Å². The molecule has 5 heteroatoms. The fraction of sp³-hybridized carbons (Fsp3) is 0.312. The maximum absolute atomic E-state index is 13.2. The van der Waals surface area contributed by atoms with Crippen molar-refractivity contribution in [1.29, 1.82) is 0 Å². The maximum atomic E-state index is 13.2. The number of aryl methyl sites for hydroxylation is 1. The van der Waals surface area contributed by atoms with E-state index in [4.69, 9.17) is 17.4 Å². The van der Waals surface area contributed by atoms with Crippen LogP contribution in [-0.2, 0) is 6.42 Å². The van der Waals surface area contributed by atoms with Crippen LogP contribution < -0.4 is 11.3 Å². The highest BCUT2D eigenvalue weighted by Crippen LogP contribution is 2.40. The molecule has 1 heterocycles. The Kier molecular flexibility index (Phi) is 4.19. The molecule has 1 aromatic carbocycles. The monoisotopic (exact) mass is 305 g/mol. The normalized spacial score (nSPS) is 19.1. The largest absolute Gasteiger partial charge is 0.271 e. The van der Waals surface area contributed by atoms with E-state index in [1.165, 1.54) is 17.7 Å². The van der Waals surface area contributed by atoms with Crippen LogP contribution in [0.5, 0.6) is 0 Å². The molecule has 0 amide bonds. The fourth-order valence-electron chi connectivity index (χ4n) is 3.15. The smallest absolute Gasteiger partial charge is 0.124 e. The molecule has 3 rings (SSSR count). The van der Waals surface area contributed by atoms with Crippen LogP contribution in [0.2, 0.25) is 5.02 Å². The molecule has 0 spiro atoms. The first kappa shape index (κ1) is 14.4. The van der Waals surface area contributed by atoms with Gasteiger partial charge in [0.05, 0.1) is 6.04 Å². The molecule has 2 aromatic rings. The highest BCUT2D eigenvalue weighted by atomic mass is 35.5. The number of benzene rings is 1. The Morgan fingerprint density at radius 3 is 3.00 bits per heavy atom. The SMILES string of the molecule is NNC(c1ccc(F)cc1Cl)C1CCCc2cccnc21. The van der Waals surface area contributed by atoms with E-state index in [9.17, 15) is 4.39 Å². The van der Waals surface area contributed by atoms with Crippen LogP contribution in [0.1, 0.15) is 41.6 Å². The Morgan fingerprint density at radius 1 is 1.38 bits per heavy atom. The van der Waals surface area contributed by atoms with Gasteiger partial charge in [-0.25, -0.2) is 4.39 Å². The summed E-state index contributed by atoms with van der Waals surface area (Å²) in [5.41, 5.74) is 5.97. The first-order chi connectivity index (χ1) is 10.2. The van der Waals surface area contributed by atoms with Crippen molar-refractivity contribution in [3.05, 3.63) is 64.2 Å². The fourth-order valence-corrected chi connectivity index (χ4v) is 3.43. The Morgan fingerprint density at radius 2 is 2.24 bits per heavy atom. The second-order valence-electron chi connectivity index (χ2n) is 5.36. The van der Waals surface area contributed by atoms with Gasteiger partial charge in [-0.1, -0.05) is 23.7 Å². The summed E-state index contributed by atoms with van der Waals surface area (Å²) >= 11 is 6.19. The third-order valence-electron chi connectivity index (χ3n) is 4.12. The number of halogens is 2. The second kappa shape index (κ2) is 6.10. The molecule has 3 nitrogen and oxygen atoms in total. The first-order valence-corrected chi connectivity index (χ1v) is 7.43. The Balaban J connectivity index is 2.01. The van der Waals surface area contributed by atoms with Crippen molar-refractivity contribution < 1.29 is 4.39 Å². The van der Waals surface area contributed by atoms with Crippen molar-refractivity contribution in [2.45, 2.75) is 31.2 Å². The van der Waals surface area contributed by atoms with E-state index in [0.717, 1.165) is 30.5 Å². The van der Waals surface area contributed by atoms with E-state index in [1.807, 2.05) is 6.07 Å². The van der Waals surface area contributed by atoms with Crippen LogP contribution in [0, 0.1) is 5.82 Å². The number of rotatable bonds is 3. The van der Waals surface area contributed by atoms with E-state index in [2.05, 4.69) is 16.5 Å². The summed E-state index contributed by atoms with van der Waals surface area (Å²) in [5, 5.41) is 0.390. The maximum Gasteiger partial charge on any atom is 0.124 e. The van der Waals surface area contributed by atoms with E-state index in [0.29, 0.717) is 5.02 Å². The lowest BCUT2D eigenvalue weighted by molar-refractivity contribution is 0.399. The molecule has 0 saturated carbocycles. The molecule has 0 radical (unpaired) electrons. The van der Waals surface area contributed by atoms with Crippen molar-refractivity contribution in [3.8, 4) is 0 Å². The Labute approximate surface area is 128 Å². The number of hydrogen-bond acceptors (Lipinski definition) is 3. The predicted molar refractivity (Wildman–Crippen MR) is 81.4 cm³/mol. The average Bonchev–Trinajstić information content (AvgIpc) is 2.50. The van der Waals surface area contributed by atoms with Gasteiger partial charge in [-0.05, 0) is 48.6 Å². The Hall–Kier alpha value is -1.49. The van der Waals surface area contributed by atoms with Gasteiger partial charge in [0.2, 0.25) is 0 Å². The summed E-state index contributed by atoms with van der Waals surface area (Å²) in [7, 11) is 0. The molecule has 2 atom stereocenters. The lowest BCUT2D eigenvalue weighted by atomic mass is 9.80. The van der Waals surface area contributed by atoms with Crippen molar-refractivity contribution in [2.75, 3.05) is 0 Å². The number of fused-ring (bicyclic) bond motifs is 1. The minimum Gasteiger partial charge on any atom is -0.271 e. The molecular weight excluding hydrogens is 289 g/mol. The number of nitrogens with one attached hydrogen (secondary N) is 1. The van der Waals surface area contributed by atoms with E-state index in [1.54, 1.807) is 12.3 Å². The van der Waals surface area contributed by atoms with Gasteiger partial charge < -0.3 is 0 Å². The molecule has 110 valence electrons. The quantitative estimate of drug-likeness (QED) is 0.674. The zero-order valence-corrected chi connectivity index (χ0v) is 12.3. The molecule has 1 aliphatic carbocycles. The van der Waals surface area contributed by atoms with E-state index >= 15 is 0 Å². The van der Waals surface area contributed by atoms with Crippen LogP contribution in [0.4, 0.5) is 4.39 Å². The van der Waals surface area contributed by atoms with Crippen LogP contribution in [0.3, 0.4) is 0 Å². The summed E-state index contributed by atoms with van der Waals surface area (Å²) in [5.74, 6) is 5.57. The number of hydrogen-bond donors (Lipinski definition) is 2. The summed E-state index contributed by atoms with van der Waals surface area (Å²) in [4.78, 5) is 4.53. The van der Waals surface area contributed by atoms with Gasteiger partial charge >= 0.3 is 0 Å². The van der Waals surface area contributed by atoms with Crippen molar-refractivity contribution in [3.63, 3.8) is 0 Å². The summed E-state index contributed by atoms with van der Waals surface area (Å²) < 4.78 is 13.2. The number of hydrazine groups is 1. The van der Waals surface area contributed by atoms with Gasteiger partial charge in [0.15, 0.2) is 0 Å². The molecule has 2 unspecified atom stereocenters. The highest BCUT2D eigenvalue weighted by Gasteiger charge is 2.30. The first-order valence-electron chi connectivity index (χ1n) is 7.05. The van der Waals surface area contributed by atoms with Gasteiger partial charge in [-0.2, -0.15) is 0 Å². The molecular formula is C16H17ClFN3. The standard InChI is InChI=1S/C16H17ClFN3/c17-14-9-11(18)6-7-12(14)16(21-19)13-5-1-3-10-4-2-8-20-15(10)13/h2,4,6-9,13,16,21H,1,3,5,19H2. The summed E-state index contributed by atoms with van der Waals surface area (Å²) in [6, 6.07) is 8.31. The van der Waals surface area contributed by atoms with Crippen LogP contribution in [-0.4, -0.2) is 4.98 Å². The number of nitrogens with zero attached hydrogens (tertiary/aromatic N) is 1. The minimum atomic E-state index is -0.346. The Bertz CT molecular complexity index is 647. The van der Waals surface area contributed by atoms with Crippen molar-refractivity contribution in [1.82, 2.24) is 10.4 Å². The van der Waals surface area contributed by atoms with Crippen molar-refractivity contribution >= 4 is 11.6 Å². The zero-order valence-electron chi connectivity index (χ0n) is 11.5. The minimum absolute atomic E-state index is 0.142. The third kappa shape index (κ3) is 2.79. The number of nitrogens with two attached hydrogens (primary N) is 1. The lowest BCUT2D eigenvalue weighted by Gasteiger charge is -2.31. The van der Waals surface area contributed by atoms with Crippen LogP contribution in [0.25, 0.3) is 0 Å². The molecule has 0 aliphatic heterocycles. The van der Waals surface area contributed by atoms with Gasteiger partial charge in [0, 0.05) is 22.8 Å². The summed E-state index contributed by atoms with van der Waals surface area (Å²) in [6.07, 6.45) is 4.90. The number of pyridine rings is 1. The van der Waals surface area contributed by atoms with Crippen LogP contribution in [0.15, 0.2) is 36.5 Å². The van der Waals surface area contributed by atoms with Gasteiger partial charge in [-0.15, -0.1) is 0 Å². The second-order valence-corrected chi connectivity index (χ2v) is 5.76. The topological polar surface area (TPSA) is 50.9 Å². The molecule has 3 N–H and O–H groups in total. The van der Waals surface area contributed by atoms with Gasteiger partial charge in [0.25, 0.3) is 0 Å².